The van der Waals surface area contributed by atoms with Gasteiger partial charge in [0, 0.05) is 44.1 Å². The molecule has 0 aliphatic carbocycles. The van der Waals surface area contributed by atoms with Crippen LogP contribution in [-0.4, -0.2) is 73.3 Å². The maximum Gasteiger partial charge on any atom is 0.350 e. The average molecular weight is 494 g/mol. The Bertz CT molecular complexity index is 1340. The summed E-state index contributed by atoms with van der Waals surface area (Å²) in [6.07, 6.45) is 1.80. The number of rotatable bonds is 7. The van der Waals surface area contributed by atoms with Crippen LogP contribution in [0.1, 0.15) is 9.67 Å². The molecule has 1 fully saturated rings. The molecule has 3 N–H and O–H groups in total. The number of piperazine rings is 1. The number of thiophene rings is 1. The van der Waals surface area contributed by atoms with Gasteiger partial charge >= 0.3 is 5.97 Å². The minimum atomic E-state index is -0.400. The second-order valence-electron chi connectivity index (χ2n) is 8.21. The third kappa shape index (κ3) is 4.73. The molecule has 1 aliphatic rings. The van der Waals surface area contributed by atoms with Gasteiger partial charge in [0.25, 0.3) is 0 Å². The van der Waals surface area contributed by atoms with Gasteiger partial charge in [-0.15, -0.1) is 11.3 Å². The van der Waals surface area contributed by atoms with Crippen LogP contribution in [-0.2, 0) is 4.74 Å². The van der Waals surface area contributed by atoms with Gasteiger partial charge in [-0.3, -0.25) is 0 Å². The summed E-state index contributed by atoms with van der Waals surface area (Å²) in [5, 5.41) is 8.37. The molecule has 0 saturated carbocycles. The summed E-state index contributed by atoms with van der Waals surface area (Å²) in [5.41, 5.74) is 3.97. The number of aromatic amines is 1. The summed E-state index contributed by atoms with van der Waals surface area (Å²) in [6.45, 7) is 4.02. The summed E-state index contributed by atoms with van der Waals surface area (Å²) < 4.78 is 10.6. The van der Waals surface area contributed by atoms with Gasteiger partial charge in [0.15, 0.2) is 5.82 Å². The number of nitrogens with zero attached hydrogens (tertiary/aromatic N) is 4. The number of H-pyrrole nitrogens is 1. The van der Waals surface area contributed by atoms with Gasteiger partial charge in [0.05, 0.1) is 31.1 Å². The number of esters is 1. The van der Waals surface area contributed by atoms with Crippen molar-refractivity contribution in [2.75, 3.05) is 63.0 Å². The molecule has 10 nitrogen and oxygen atoms in total. The lowest BCUT2D eigenvalue weighted by Gasteiger charge is -2.34. The molecule has 0 atom stereocenters. The zero-order chi connectivity index (χ0) is 24.4. The first kappa shape index (κ1) is 22.9. The van der Waals surface area contributed by atoms with Gasteiger partial charge in [0.1, 0.15) is 16.1 Å². The van der Waals surface area contributed by atoms with Crippen molar-refractivity contribution in [3.05, 3.63) is 46.8 Å². The first-order valence-corrected chi connectivity index (χ1v) is 12.1. The number of hydrogen-bond acceptors (Lipinski definition) is 10. The number of ether oxygens (including phenoxy) is 2. The van der Waals surface area contributed by atoms with E-state index in [-0.39, 0.29) is 0 Å². The Morgan fingerprint density at radius 3 is 2.66 bits per heavy atom. The molecule has 1 saturated heterocycles. The van der Waals surface area contributed by atoms with E-state index >= 15 is 0 Å². The fourth-order valence-corrected chi connectivity index (χ4v) is 4.81. The molecule has 0 radical (unpaired) electrons. The van der Waals surface area contributed by atoms with E-state index in [0.29, 0.717) is 28.1 Å². The quantitative estimate of drug-likeness (QED) is 0.329. The molecule has 4 heterocycles. The highest BCUT2D eigenvalue weighted by molar-refractivity contribution is 7.12. The van der Waals surface area contributed by atoms with Crippen molar-refractivity contribution in [3.8, 4) is 5.75 Å². The van der Waals surface area contributed by atoms with Crippen molar-refractivity contribution in [3.63, 3.8) is 0 Å². The minimum Gasteiger partial charge on any atom is -0.494 e. The lowest BCUT2D eigenvalue weighted by Crippen LogP contribution is -2.44. The van der Waals surface area contributed by atoms with Crippen molar-refractivity contribution < 1.29 is 14.3 Å². The number of nitrogens with one attached hydrogen (secondary N) is 3. The van der Waals surface area contributed by atoms with E-state index in [9.17, 15) is 4.79 Å². The second-order valence-corrected chi connectivity index (χ2v) is 9.13. The molecule has 3 aromatic heterocycles. The molecule has 0 amide bonds. The SMILES string of the molecule is COC(=O)c1sccc1Nc1nc(Nc2ccc(N3CCN(C)CC3)cc2OC)nc2cc[nH]c12. The number of fused-ring (bicyclic) bond motifs is 1. The van der Waals surface area contributed by atoms with Crippen LogP contribution in [0.2, 0.25) is 0 Å². The lowest BCUT2D eigenvalue weighted by atomic mass is 10.2. The number of aromatic nitrogens is 3. The third-order valence-corrected chi connectivity index (χ3v) is 6.89. The molecule has 11 heteroatoms. The number of carbonyl (C=O) groups excluding carboxylic acids is 1. The molecule has 1 aliphatic heterocycles. The largest absolute Gasteiger partial charge is 0.494 e. The van der Waals surface area contributed by atoms with Crippen LogP contribution in [0, 0.1) is 0 Å². The molecule has 35 heavy (non-hydrogen) atoms. The number of likely N-dealkylation sites (N-methyl/N-ethyl adjacent to an activating group) is 1. The van der Waals surface area contributed by atoms with E-state index in [1.165, 1.54) is 18.4 Å². The van der Waals surface area contributed by atoms with Gasteiger partial charge in [0.2, 0.25) is 5.95 Å². The maximum absolute atomic E-state index is 12.1. The predicted octanol–water partition coefficient (Wildman–Crippen LogP) is 4.05. The maximum atomic E-state index is 12.1. The monoisotopic (exact) mass is 493 g/mol. The number of carbonyl (C=O) groups is 1. The van der Waals surface area contributed by atoms with Crippen LogP contribution in [0.5, 0.6) is 5.75 Å². The van der Waals surface area contributed by atoms with Crippen molar-refractivity contribution in [1.82, 2.24) is 19.9 Å². The smallest absolute Gasteiger partial charge is 0.350 e. The average Bonchev–Trinajstić information content (AvgIpc) is 3.54. The highest BCUT2D eigenvalue weighted by Crippen LogP contribution is 2.34. The van der Waals surface area contributed by atoms with Crippen LogP contribution in [0.3, 0.4) is 0 Å². The molecule has 0 bridgehead atoms. The van der Waals surface area contributed by atoms with Crippen molar-refractivity contribution in [1.29, 1.82) is 0 Å². The highest BCUT2D eigenvalue weighted by Gasteiger charge is 2.19. The van der Waals surface area contributed by atoms with Crippen molar-refractivity contribution >= 4 is 57.2 Å². The van der Waals surface area contributed by atoms with Gasteiger partial charge in [-0.2, -0.15) is 4.98 Å². The number of benzene rings is 1. The predicted molar refractivity (Wildman–Crippen MR) is 139 cm³/mol. The fraction of sp³-hybridized carbons (Fsp3) is 0.292. The van der Waals surface area contributed by atoms with E-state index in [2.05, 4.69) is 48.5 Å². The molecule has 5 rings (SSSR count). The zero-order valence-electron chi connectivity index (χ0n) is 19.8. The first-order chi connectivity index (χ1) is 17.1. The summed E-state index contributed by atoms with van der Waals surface area (Å²) in [6, 6.07) is 9.79. The van der Waals surface area contributed by atoms with Crippen molar-refractivity contribution in [2.45, 2.75) is 0 Å². The van der Waals surface area contributed by atoms with Crippen LogP contribution in [0.25, 0.3) is 11.0 Å². The molecular formula is C24H27N7O3S. The Morgan fingerprint density at radius 2 is 1.89 bits per heavy atom. The molecule has 182 valence electrons. The fourth-order valence-electron chi connectivity index (χ4n) is 4.04. The zero-order valence-corrected chi connectivity index (χ0v) is 20.6. The minimum absolute atomic E-state index is 0.400. The second kappa shape index (κ2) is 9.80. The normalized spacial score (nSPS) is 14.2. The van der Waals surface area contributed by atoms with Gasteiger partial charge in [-0.25, -0.2) is 9.78 Å². The Morgan fingerprint density at radius 1 is 1.06 bits per heavy atom. The van der Waals surface area contributed by atoms with E-state index in [4.69, 9.17) is 9.47 Å². The van der Waals surface area contributed by atoms with Gasteiger partial charge < -0.3 is 34.9 Å². The standard InChI is InChI=1S/C24H27N7O3S/c1-30-9-11-31(12-10-30)15-4-5-16(19(14-15)33-2)27-24-28-17-6-8-25-20(17)22(29-24)26-18-7-13-35-21(18)23(32)34-3/h4-8,13-14,25H,9-12H2,1-3H3,(H2,26,27,28,29). The molecule has 4 aromatic rings. The van der Waals surface area contributed by atoms with Crippen LogP contribution in [0.15, 0.2) is 41.9 Å². The topological polar surface area (TPSA) is 108 Å². The third-order valence-electron chi connectivity index (χ3n) is 5.99. The van der Waals surface area contributed by atoms with E-state index in [1.807, 2.05) is 29.6 Å². The Kier molecular flexibility index (Phi) is 6.43. The Hall–Kier alpha value is -3.83. The molecule has 0 spiro atoms. The van der Waals surface area contributed by atoms with E-state index in [0.717, 1.165) is 48.6 Å². The summed E-state index contributed by atoms with van der Waals surface area (Å²) in [4.78, 5) is 29.8. The Labute approximate surface area is 206 Å². The lowest BCUT2D eigenvalue weighted by molar-refractivity contribution is 0.0607. The molecule has 1 aromatic carbocycles. The van der Waals surface area contributed by atoms with Crippen LogP contribution >= 0.6 is 11.3 Å². The first-order valence-electron chi connectivity index (χ1n) is 11.2. The highest BCUT2D eigenvalue weighted by atomic mass is 32.1. The number of hydrogen-bond donors (Lipinski definition) is 3. The summed E-state index contributed by atoms with van der Waals surface area (Å²) in [5.74, 6) is 1.25. The summed E-state index contributed by atoms with van der Waals surface area (Å²) >= 11 is 1.30. The van der Waals surface area contributed by atoms with E-state index in [1.54, 1.807) is 13.3 Å². The van der Waals surface area contributed by atoms with Crippen LogP contribution in [0.4, 0.5) is 28.8 Å². The Balaban J connectivity index is 1.43. The number of anilines is 5. The van der Waals surface area contributed by atoms with E-state index < -0.39 is 5.97 Å². The molecular weight excluding hydrogens is 466 g/mol. The van der Waals surface area contributed by atoms with Crippen molar-refractivity contribution in [2.24, 2.45) is 0 Å². The van der Waals surface area contributed by atoms with Gasteiger partial charge in [-0.1, -0.05) is 0 Å². The summed E-state index contributed by atoms with van der Waals surface area (Å²) in [7, 11) is 5.16. The van der Waals surface area contributed by atoms with Gasteiger partial charge in [-0.05, 0) is 36.7 Å². The number of methoxy groups -OCH3 is 2. The van der Waals surface area contributed by atoms with Crippen LogP contribution < -0.4 is 20.3 Å². The molecule has 0 unspecified atom stereocenters.